The number of nitrogens with one attached hydrogen (secondary N) is 2. The summed E-state index contributed by atoms with van der Waals surface area (Å²) in [5.74, 6) is -4.87. The Morgan fingerprint density at radius 3 is 2.37 bits per heavy atom. The van der Waals surface area contributed by atoms with E-state index in [9.17, 15) is 18.0 Å². The van der Waals surface area contributed by atoms with E-state index in [1.165, 1.54) is 12.4 Å². The van der Waals surface area contributed by atoms with Crippen LogP contribution in [0, 0.1) is 31.3 Å². The minimum absolute atomic E-state index is 0.107. The van der Waals surface area contributed by atoms with Gasteiger partial charge in [-0.1, -0.05) is 6.07 Å². The van der Waals surface area contributed by atoms with Crippen LogP contribution >= 0.6 is 0 Å². The number of rotatable bonds is 4. The highest BCUT2D eigenvalue weighted by molar-refractivity contribution is 6.02. The van der Waals surface area contributed by atoms with Crippen LogP contribution in [0.5, 0.6) is 0 Å². The average molecular weight is 372 g/mol. The van der Waals surface area contributed by atoms with E-state index in [0.717, 1.165) is 28.9 Å². The van der Waals surface area contributed by atoms with E-state index in [1.807, 2.05) is 32.0 Å². The van der Waals surface area contributed by atoms with E-state index in [2.05, 4.69) is 20.6 Å². The third-order valence-electron chi connectivity index (χ3n) is 3.95. The number of carbonyl (C=O) groups excluding carboxylic acids is 1. The van der Waals surface area contributed by atoms with Crippen LogP contribution in [0.2, 0.25) is 0 Å². The summed E-state index contributed by atoms with van der Waals surface area (Å²) in [4.78, 5) is 20.1. The Bertz CT molecular complexity index is 1010. The minimum Gasteiger partial charge on any atom is -0.339 e. The van der Waals surface area contributed by atoms with Crippen molar-refractivity contribution in [1.29, 1.82) is 0 Å². The predicted octanol–water partition coefficient (Wildman–Crippen LogP) is 4.51. The number of hydrogen-bond acceptors (Lipinski definition) is 4. The second-order valence-electron chi connectivity index (χ2n) is 5.89. The molecule has 0 unspecified atom stereocenters. The summed E-state index contributed by atoms with van der Waals surface area (Å²) in [7, 11) is 0. The van der Waals surface area contributed by atoms with Gasteiger partial charge in [-0.25, -0.2) is 23.1 Å². The van der Waals surface area contributed by atoms with Gasteiger partial charge >= 0.3 is 0 Å². The second kappa shape index (κ2) is 7.45. The molecule has 3 aromatic rings. The molecule has 8 heteroatoms. The van der Waals surface area contributed by atoms with Crippen LogP contribution in [0.3, 0.4) is 0 Å². The summed E-state index contributed by atoms with van der Waals surface area (Å²) >= 11 is 0. The first kappa shape index (κ1) is 18.4. The molecule has 0 bridgehead atoms. The zero-order chi connectivity index (χ0) is 19.6. The molecule has 0 atom stereocenters. The summed E-state index contributed by atoms with van der Waals surface area (Å²) < 4.78 is 39.8. The van der Waals surface area contributed by atoms with Crippen molar-refractivity contribution in [2.45, 2.75) is 13.8 Å². The Hall–Kier alpha value is -3.42. The highest BCUT2D eigenvalue weighted by atomic mass is 19.2. The van der Waals surface area contributed by atoms with E-state index < -0.39 is 29.0 Å². The molecule has 1 amide bonds. The highest BCUT2D eigenvalue weighted by Gasteiger charge is 2.16. The Morgan fingerprint density at radius 2 is 1.70 bits per heavy atom. The van der Waals surface area contributed by atoms with Gasteiger partial charge in [-0.2, -0.15) is 0 Å². The smallest absolute Gasteiger partial charge is 0.275 e. The van der Waals surface area contributed by atoms with Gasteiger partial charge in [0.05, 0.1) is 18.1 Å². The molecule has 0 aliphatic rings. The lowest BCUT2D eigenvalue weighted by Gasteiger charge is -2.09. The maximum atomic E-state index is 13.6. The van der Waals surface area contributed by atoms with E-state index in [4.69, 9.17) is 0 Å². The van der Waals surface area contributed by atoms with Crippen molar-refractivity contribution in [3.8, 4) is 0 Å². The molecule has 0 aliphatic heterocycles. The fraction of sp³-hybridized carbons (Fsp3) is 0.105. The summed E-state index contributed by atoms with van der Waals surface area (Å²) in [6.45, 7) is 3.99. The lowest BCUT2D eigenvalue weighted by Crippen LogP contribution is -2.16. The second-order valence-corrected chi connectivity index (χ2v) is 5.89. The molecule has 1 heterocycles. The topological polar surface area (TPSA) is 66.9 Å². The molecule has 0 saturated carbocycles. The first-order valence-electron chi connectivity index (χ1n) is 7.96. The van der Waals surface area contributed by atoms with Crippen LogP contribution in [0.4, 0.5) is 30.4 Å². The minimum atomic E-state index is -1.66. The lowest BCUT2D eigenvalue weighted by molar-refractivity contribution is 0.102. The van der Waals surface area contributed by atoms with Crippen LogP contribution in [0.1, 0.15) is 21.6 Å². The number of aryl methyl sites for hydroxylation is 2. The molecule has 1 aromatic heterocycles. The Labute approximate surface area is 153 Å². The van der Waals surface area contributed by atoms with Crippen molar-refractivity contribution in [3.05, 3.63) is 77.0 Å². The van der Waals surface area contributed by atoms with Crippen LogP contribution < -0.4 is 10.6 Å². The fourth-order valence-corrected chi connectivity index (χ4v) is 2.29. The monoisotopic (exact) mass is 372 g/mol. The third kappa shape index (κ3) is 4.05. The quantitative estimate of drug-likeness (QED) is 0.662. The third-order valence-corrected chi connectivity index (χ3v) is 3.95. The van der Waals surface area contributed by atoms with Gasteiger partial charge in [0.15, 0.2) is 17.5 Å². The lowest BCUT2D eigenvalue weighted by atomic mass is 10.1. The molecular formula is C19H15F3N4O. The SMILES string of the molecule is Cc1ccc(Nc2cnc(C(=O)Nc3ccc(F)c(F)c3F)cn2)cc1C. The molecule has 2 aromatic carbocycles. The fourth-order valence-electron chi connectivity index (χ4n) is 2.29. The molecule has 0 radical (unpaired) electrons. The van der Waals surface area contributed by atoms with Gasteiger partial charge in [-0.15, -0.1) is 0 Å². The van der Waals surface area contributed by atoms with Crippen molar-refractivity contribution >= 4 is 23.1 Å². The maximum Gasteiger partial charge on any atom is 0.275 e. The largest absolute Gasteiger partial charge is 0.339 e. The molecule has 5 nitrogen and oxygen atoms in total. The highest BCUT2D eigenvalue weighted by Crippen LogP contribution is 2.21. The molecule has 0 saturated heterocycles. The van der Waals surface area contributed by atoms with Crippen LogP contribution in [0.15, 0.2) is 42.7 Å². The standard InChI is InChI=1S/C19H15F3N4O/c1-10-3-4-12(7-11(10)2)25-16-9-23-15(8-24-16)19(27)26-14-6-5-13(20)17(21)18(14)22/h3-9H,1-2H3,(H,24,25)(H,26,27). The molecule has 138 valence electrons. The van der Waals surface area contributed by atoms with Gasteiger partial charge in [0.25, 0.3) is 5.91 Å². The van der Waals surface area contributed by atoms with Crippen molar-refractivity contribution in [2.24, 2.45) is 0 Å². The zero-order valence-electron chi connectivity index (χ0n) is 14.5. The van der Waals surface area contributed by atoms with Gasteiger partial charge in [0, 0.05) is 5.69 Å². The van der Waals surface area contributed by atoms with Crippen LogP contribution in [-0.2, 0) is 0 Å². The molecular weight excluding hydrogens is 357 g/mol. The molecule has 0 fully saturated rings. The van der Waals surface area contributed by atoms with Crippen molar-refractivity contribution < 1.29 is 18.0 Å². The van der Waals surface area contributed by atoms with Gasteiger partial charge in [-0.05, 0) is 49.2 Å². The van der Waals surface area contributed by atoms with Gasteiger partial charge in [-0.3, -0.25) is 4.79 Å². The van der Waals surface area contributed by atoms with E-state index in [0.29, 0.717) is 5.82 Å². The summed E-state index contributed by atoms with van der Waals surface area (Å²) in [6, 6.07) is 7.44. The number of carbonyl (C=O) groups is 1. The molecule has 2 N–H and O–H groups in total. The number of anilines is 3. The molecule has 3 rings (SSSR count). The zero-order valence-corrected chi connectivity index (χ0v) is 14.5. The number of amides is 1. The number of aromatic nitrogens is 2. The first-order valence-corrected chi connectivity index (χ1v) is 7.96. The summed E-state index contributed by atoms with van der Waals surface area (Å²) in [6.07, 6.45) is 2.53. The van der Waals surface area contributed by atoms with Gasteiger partial charge in [0.1, 0.15) is 11.5 Å². The van der Waals surface area contributed by atoms with Gasteiger partial charge < -0.3 is 10.6 Å². The maximum absolute atomic E-state index is 13.6. The number of halogens is 3. The van der Waals surface area contributed by atoms with E-state index in [-0.39, 0.29) is 5.69 Å². The molecule has 0 aliphatic carbocycles. The predicted molar refractivity (Wildman–Crippen MR) is 95.5 cm³/mol. The summed E-state index contributed by atoms with van der Waals surface area (Å²) in [5.41, 5.74) is 2.48. The number of hydrogen-bond donors (Lipinski definition) is 2. The van der Waals surface area contributed by atoms with Crippen LogP contribution in [-0.4, -0.2) is 15.9 Å². The van der Waals surface area contributed by atoms with Crippen molar-refractivity contribution in [2.75, 3.05) is 10.6 Å². The van der Waals surface area contributed by atoms with Crippen molar-refractivity contribution in [3.63, 3.8) is 0 Å². The van der Waals surface area contributed by atoms with E-state index in [1.54, 1.807) is 0 Å². The molecule has 27 heavy (non-hydrogen) atoms. The number of nitrogens with zero attached hydrogens (tertiary/aromatic N) is 2. The van der Waals surface area contributed by atoms with Crippen molar-refractivity contribution in [1.82, 2.24) is 9.97 Å². The van der Waals surface area contributed by atoms with Gasteiger partial charge in [0.2, 0.25) is 0 Å². The Kier molecular flexibility index (Phi) is 5.07. The first-order chi connectivity index (χ1) is 12.8. The Morgan fingerprint density at radius 1 is 0.926 bits per heavy atom. The normalized spacial score (nSPS) is 10.6. The Balaban J connectivity index is 1.72. The number of benzene rings is 2. The van der Waals surface area contributed by atoms with E-state index >= 15 is 0 Å². The average Bonchev–Trinajstić information content (AvgIpc) is 2.66. The molecule has 0 spiro atoms. The summed E-state index contributed by atoms with van der Waals surface area (Å²) in [5, 5.41) is 5.19. The van der Waals surface area contributed by atoms with Crippen LogP contribution in [0.25, 0.3) is 0 Å².